The second kappa shape index (κ2) is 7.04. The molecule has 0 aliphatic carbocycles. The maximum absolute atomic E-state index is 13.6. The number of hydrogen-bond acceptors (Lipinski definition) is 4. The highest BCUT2D eigenvalue weighted by atomic mass is 19.1. The fourth-order valence-corrected chi connectivity index (χ4v) is 2.06. The predicted octanol–water partition coefficient (Wildman–Crippen LogP) is 4.11. The van der Waals surface area contributed by atoms with Crippen molar-refractivity contribution < 1.29 is 18.3 Å². The van der Waals surface area contributed by atoms with Crippen molar-refractivity contribution in [2.45, 2.75) is 6.92 Å². The summed E-state index contributed by atoms with van der Waals surface area (Å²) in [5, 5.41) is 2.49. The fourth-order valence-electron chi connectivity index (χ4n) is 2.06. The van der Waals surface area contributed by atoms with Crippen LogP contribution in [0, 0.1) is 18.6 Å². The summed E-state index contributed by atoms with van der Waals surface area (Å²) in [5.41, 5.74) is 0.811. The van der Waals surface area contributed by atoms with Crippen LogP contribution in [0.5, 0.6) is 11.8 Å². The number of carbonyl (C=O) groups excluding carboxylic acids is 1. The smallest absolute Gasteiger partial charge is 0.322 e. The number of aryl methyl sites for hydroxylation is 1. The van der Waals surface area contributed by atoms with E-state index in [1.807, 2.05) is 6.92 Å². The first-order valence-electron chi connectivity index (χ1n) is 7.35. The molecule has 0 saturated heterocycles. The molecule has 0 bridgehead atoms. The molecule has 0 unspecified atom stereocenters. The normalized spacial score (nSPS) is 10.4. The van der Waals surface area contributed by atoms with E-state index in [1.165, 1.54) is 0 Å². The SMILES string of the molecule is Cc1ccnc(Oc2ccc(NC(=O)c3cc(F)ccc3F)cc2)n1. The summed E-state index contributed by atoms with van der Waals surface area (Å²) < 4.78 is 32.3. The third kappa shape index (κ3) is 4.14. The third-order valence-corrected chi connectivity index (χ3v) is 3.27. The summed E-state index contributed by atoms with van der Waals surface area (Å²) in [6.45, 7) is 1.82. The Balaban J connectivity index is 1.70. The molecular formula is C18H13F2N3O2. The summed E-state index contributed by atoms with van der Waals surface area (Å²) in [4.78, 5) is 20.1. The molecule has 0 radical (unpaired) electrons. The van der Waals surface area contributed by atoms with Crippen molar-refractivity contribution in [1.82, 2.24) is 9.97 Å². The first-order chi connectivity index (χ1) is 12.0. The van der Waals surface area contributed by atoms with Gasteiger partial charge >= 0.3 is 6.01 Å². The van der Waals surface area contributed by atoms with E-state index < -0.39 is 17.5 Å². The molecule has 5 nitrogen and oxygen atoms in total. The largest absolute Gasteiger partial charge is 0.424 e. The summed E-state index contributed by atoms with van der Waals surface area (Å²) in [6, 6.07) is 11.0. The van der Waals surface area contributed by atoms with Crippen LogP contribution < -0.4 is 10.1 Å². The van der Waals surface area contributed by atoms with Gasteiger partial charge in [-0.15, -0.1) is 0 Å². The van der Waals surface area contributed by atoms with Crippen LogP contribution in [0.1, 0.15) is 16.1 Å². The molecule has 0 fully saturated rings. The number of hydrogen-bond donors (Lipinski definition) is 1. The van der Waals surface area contributed by atoms with E-state index in [9.17, 15) is 13.6 Å². The lowest BCUT2D eigenvalue weighted by molar-refractivity contribution is 0.102. The van der Waals surface area contributed by atoms with E-state index in [-0.39, 0.29) is 11.6 Å². The molecule has 1 aromatic heterocycles. The van der Waals surface area contributed by atoms with E-state index in [2.05, 4.69) is 15.3 Å². The van der Waals surface area contributed by atoms with Crippen LogP contribution in [0.4, 0.5) is 14.5 Å². The Bertz CT molecular complexity index is 914. The van der Waals surface area contributed by atoms with Crippen molar-refractivity contribution in [2.24, 2.45) is 0 Å². The number of nitrogens with zero attached hydrogens (tertiary/aromatic N) is 2. The van der Waals surface area contributed by atoms with Gasteiger partial charge in [-0.1, -0.05) is 0 Å². The number of nitrogens with one attached hydrogen (secondary N) is 1. The molecular weight excluding hydrogens is 328 g/mol. The van der Waals surface area contributed by atoms with E-state index in [1.54, 1.807) is 36.5 Å². The number of rotatable bonds is 4. The quantitative estimate of drug-likeness (QED) is 0.776. The van der Waals surface area contributed by atoms with Crippen molar-refractivity contribution in [3.05, 3.63) is 77.6 Å². The number of aromatic nitrogens is 2. The molecule has 0 atom stereocenters. The number of halogens is 2. The highest BCUT2D eigenvalue weighted by Crippen LogP contribution is 2.21. The Labute approximate surface area is 142 Å². The van der Waals surface area contributed by atoms with Crippen LogP contribution in [-0.2, 0) is 0 Å². The van der Waals surface area contributed by atoms with Crippen molar-refractivity contribution in [3.63, 3.8) is 0 Å². The minimum atomic E-state index is -0.796. The first kappa shape index (κ1) is 16.5. The van der Waals surface area contributed by atoms with E-state index in [4.69, 9.17) is 4.74 Å². The van der Waals surface area contributed by atoms with Crippen molar-refractivity contribution in [1.29, 1.82) is 0 Å². The molecule has 1 amide bonds. The topological polar surface area (TPSA) is 64.1 Å². The Kier molecular flexibility index (Phi) is 4.65. The number of amides is 1. The van der Waals surface area contributed by atoms with Gasteiger partial charge in [0.05, 0.1) is 5.56 Å². The Morgan fingerprint density at radius 3 is 2.56 bits per heavy atom. The maximum atomic E-state index is 13.6. The monoisotopic (exact) mass is 341 g/mol. The molecule has 0 spiro atoms. The second-order valence-corrected chi connectivity index (χ2v) is 5.19. The molecule has 0 aliphatic rings. The lowest BCUT2D eigenvalue weighted by atomic mass is 10.2. The standard InChI is InChI=1S/C18H13F2N3O2/c1-11-8-9-21-18(22-11)25-14-5-3-13(4-6-14)23-17(24)15-10-12(19)2-7-16(15)20/h2-10H,1H3,(H,23,24). The van der Waals surface area contributed by atoms with Gasteiger partial charge in [0.2, 0.25) is 0 Å². The Morgan fingerprint density at radius 1 is 1.08 bits per heavy atom. The molecule has 7 heteroatoms. The predicted molar refractivity (Wildman–Crippen MR) is 87.6 cm³/mol. The van der Waals surface area contributed by atoms with Crippen LogP contribution in [-0.4, -0.2) is 15.9 Å². The minimum absolute atomic E-state index is 0.207. The molecule has 2 aromatic carbocycles. The lowest BCUT2D eigenvalue weighted by Gasteiger charge is -2.08. The molecule has 1 heterocycles. The lowest BCUT2D eigenvalue weighted by Crippen LogP contribution is -2.14. The highest BCUT2D eigenvalue weighted by molar-refractivity contribution is 6.04. The van der Waals surface area contributed by atoms with Gasteiger partial charge in [0.1, 0.15) is 17.4 Å². The van der Waals surface area contributed by atoms with E-state index in [0.717, 1.165) is 23.9 Å². The number of carbonyl (C=O) groups is 1. The molecule has 126 valence electrons. The van der Waals surface area contributed by atoms with Gasteiger partial charge in [0.25, 0.3) is 5.91 Å². The molecule has 1 N–H and O–H groups in total. The minimum Gasteiger partial charge on any atom is -0.424 e. The Morgan fingerprint density at radius 2 is 1.84 bits per heavy atom. The van der Waals surface area contributed by atoms with Crippen LogP contribution in [0.3, 0.4) is 0 Å². The van der Waals surface area contributed by atoms with Crippen molar-refractivity contribution >= 4 is 11.6 Å². The van der Waals surface area contributed by atoms with Gasteiger partial charge in [-0.05, 0) is 55.5 Å². The molecule has 3 rings (SSSR count). The number of ether oxygens (including phenoxy) is 1. The average Bonchev–Trinajstić information content (AvgIpc) is 2.59. The Hall–Kier alpha value is -3.35. The first-order valence-corrected chi connectivity index (χ1v) is 7.35. The summed E-state index contributed by atoms with van der Waals surface area (Å²) in [7, 11) is 0. The van der Waals surface area contributed by atoms with Gasteiger partial charge < -0.3 is 10.1 Å². The van der Waals surface area contributed by atoms with Gasteiger partial charge in [0, 0.05) is 17.6 Å². The third-order valence-electron chi connectivity index (χ3n) is 3.27. The maximum Gasteiger partial charge on any atom is 0.322 e. The van der Waals surface area contributed by atoms with Crippen molar-refractivity contribution in [3.8, 4) is 11.8 Å². The zero-order chi connectivity index (χ0) is 17.8. The van der Waals surface area contributed by atoms with Gasteiger partial charge in [-0.2, -0.15) is 0 Å². The van der Waals surface area contributed by atoms with Gasteiger partial charge in [-0.25, -0.2) is 18.7 Å². The fraction of sp³-hybridized carbons (Fsp3) is 0.0556. The zero-order valence-corrected chi connectivity index (χ0v) is 13.2. The number of anilines is 1. The van der Waals surface area contributed by atoms with Crippen LogP contribution >= 0.6 is 0 Å². The molecule has 0 aliphatic heterocycles. The van der Waals surface area contributed by atoms with E-state index in [0.29, 0.717) is 11.4 Å². The van der Waals surface area contributed by atoms with Gasteiger partial charge in [-0.3, -0.25) is 4.79 Å². The number of benzene rings is 2. The highest BCUT2D eigenvalue weighted by Gasteiger charge is 2.13. The molecule has 0 saturated carbocycles. The van der Waals surface area contributed by atoms with Crippen molar-refractivity contribution in [2.75, 3.05) is 5.32 Å². The zero-order valence-electron chi connectivity index (χ0n) is 13.2. The summed E-state index contributed by atoms with van der Waals surface area (Å²) in [6.07, 6.45) is 1.58. The summed E-state index contributed by atoms with van der Waals surface area (Å²) in [5.74, 6) is -1.75. The second-order valence-electron chi connectivity index (χ2n) is 5.19. The molecule has 3 aromatic rings. The van der Waals surface area contributed by atoms with Crippen LogP contribution in [0.15, 0.2) is 54.7 Å². The van der Waals surface area contributed by atoms with Crippen LogP contribution in [0.2, 0.25) is 0 Å². The van der Waals surface area contributed by atoms with Gasteiger partial charge in [0.15, 0.2) is 0 Å². The summed E-state index contributed by atoms with van der Waals surface area (Å²) >= 11 is 0. The van der Waals surface area contributed by atoms with E-state index >= 15 is 0 Å². The average molecular weight is 341 g/mol. The molecule has 25 heavy (non-hydrogen) atoms. The van der Waals surface area contributed by atoms with Crippen LogP contribution in [0.25, 0.3) is 0 Å².